The van der Waals surface area contributed by atoms with Crippen molar-refractivity contribution in [3.63, 3.8) is 0 Å². The molecule has 2 aromatic carbocycles. The van der Waals surface area contributed by atoms with Crippen molar-refractivity contribution in [3.05, 3.63) is 76.3 Å². The number of rotatable bonds is 3. The zero-order valence-electron chi connectivity index (χ0n) is 9.14. The zero-order chi connectivity index (χ0) is 12.1. The smallest absolute Gasteiger partial charge is 0.186 e. The molecule has 0 N–H and O–H groups in total. The Hall–Kier alpha value is -1.67. The average molecular weight is 287 g/mol. The number of halogens is 1. The molecule has 0 aliphatic carbocycles. The number of benzene rings is 2. The summed E-state index contributed by atoms with van der Waals surface area (Å²) in [4.78, 5) is 11.9. The van der Waals surface area contributed by atoms with Crippen LogP contribution in [0.4, 0.5) is 0 Å². The summed E-state index contributed by atoms with van der Waals surface area (Å²) in [6.45, 7) is 0. The van der Waals surface area contributed by atoms with E-state index >= 15 is 0 Å². The van der Waals surface area contributed by atoms with E-state index < -0.39 is 0 Å². The van der Waals surface area contributed by atoms with E-state index in [1.807, 2.05) is 60.7 Å². The lowest BCUT2D eigenvalue weighted by Crippen LogP contribution is -1.94. The van der Waals surface area contributed by atoms with Gasteiger partial charge in [0.05, 0.1) is 0 Å². The molecular formula is C15H11BrO. The van der Waals surface area contributed by atoms with Crippen molar-refractivity contribution in [2.75, 3.05) is 0 Å². The van der Waals surface area contributed by atoms with Gasteiger partial charge in [-0.15, -0.1) is 0 Å². The minimum Gasteiger partial charge on any atom is -0.289 e. The molecule has 0 heterocycles. The number of carbonyl (C=O) groups excluding carboxylic acids is 1. The van der Waals surface area contributed by atoms with Gasteiger partial charge < -0.3 is 0 Å². The maximum absolute atomic E-state index is 11.9. The van der Waals surface area contributed by atoms with Crippen molar-refractivity contribution in [2.24, 2.45) is 0 Å². The van der Waals surface area contributed by atoms with E-state index in [4.69, 9.17) is 0 Å². The minimum atomic E-state index is 0.00123. The largest absolute Gasteiger partial charge is 0.289 e. The van der Waals surface area contributed by atoms with E-state index in [9.17, 15) is 4.79 Å². The Labute approximate surface area is 109 Å². The molecule has 0 aliphatic heterocycles. The van der Waals surface area contributed by atoms with Crippen LogP contribution in [0.1, 0.15) is 15.9 Å². The molecule has 2 rings (SSSR count). The van der Waals surface area contributed by atoms with Crippen molar-refractivity contribution >= 4 is 27.8 Å². The van der Waals surface area contributed by atoms with Gasteiger partial charge >= 0.3 is 0 Å². The van der Waals surface area contributed by atoms with E-state index in [1.165, 1.54) is 0 Å². The van der Waals surface area contributed by atoms with Crippen molar-refractivity contribution in [3.8, 4) is 0 Å². The maximum atomic E-state index is 11.9. The first-order valence-electron chi connectivity index (χ1n) is 5.29. The summed E-state index contributed by atoms with van der Waals surface area (Å²) in [6.07, 6.45) is 3.41. The van der Waals surface area contributed by atoms with Crippen molar-refractivity contribution < 1.29 is 4.79 Å². The quantitative estimate of drug-likeness (QED) is 0.606. The number of ketones is 1. The fraction of sp³-hybridized carbons (Fsp3) is 0. The molecule has 1 nitrogen and oxygen atoms in total. The molecule has 0 amide bonds. The van der Waals surface area contributed by atoms with Crippen molar-refractivity contribution in [2.45, 2.75) is 0 Å². The van der Waals surface area contributed by atoms with Gasteiger partial charge in [-0.2, -0.15) is 0 Å². The highest BCUT2D eigenvalue weighted by molar-refractivity contribution is 9.10. The summed E-state index contributed by atoms with van der Waals surface area (Å²) in [6, 6.07) is 17.2. The molecule has 2 aromatic rings. The van der Waals surface area contributed by atoms with Crippen LogP contribution in [0.2, 0.25) is 0 Å². The van der Waals surface area contributed by atoms with E-state index in [0.29, 0.717) is 5.56 Å². The molecule has 84 valence electrons. The average Bonchev–Trinajstić information content (AvgIpc) is 2.38. The zero-order valence-corrected chi connectivity index (χ0v) is 10.7. The van der Waals surface area contributed by atoms with Gasteiger partial charge in [-0.1, -0.05) is 64.5 Å². The topological polar surface area (TPSA) is 17.1 Å². The second-order valence-electron chi connectivity index (χ2n) is 3.59. The van der Waals surface area contributed by atoms with Crippen LogP contribution in [0.15, 0.2) is 65.1 Å². The highest BCUT2D eigenvalue weighted by Gasteiger charge is 2.04. The molecule has 0 unspecified atom stereocenters. The molecular weight excluding hydrogens is 276 g/mol. The maximum Gasteiger partial charge on any atom is 0.186 e. The lowest BCUT2D eigenvalue weighted by molar-refractivity contribution is 0.104. The molecule has 0 saturated carbocycles. The highest BCUT2D eigenvalue weighted by atomic mass is 79.9. The predicted molar refractivity (Wildman–Crippen MR) is 73.9 cm³/mol. The summed E-state index contributed by atoms with van der Waals surface area (Å²) < 4.78 is 0.822. The first-order chi connectivity index (χ1) is 8.27. The van der Waals surface area contributed by atoms with Crippen LogP contribution >= 0.6 is 15.9 Å². The molecule has 0 fully saturated rings. The Kier molecular flexibility index (Phi) is 3.89. The van der Waals surface area contributed by atoms with Gasteiger partial charge in [0.1, 0.15) is 0 Å². The summed E-state index contributed by atoms with van der Waals surface area (Å²) in [7, 11) is 0. The van der Waals surface area contributed by atoms with Gasteiger partial charge in [-0.05, 0) is 23.8 Å². The third-order valence-electron chi connectivity index (χ3n) is 2.37. The molecule has 0 atom stereocenters. The third-order valence-corrected chi connectivity index (χ3v) is 3.06. The molecule has 17 heavy (non-hydrogen) atoms. The SMILES string of the molecule is O=C(C=Cc1ccccc1)c1ccccc1Br. The second kappa shape index (κ2) is 5.60. The number of hydrogen-bond donors (Lipinski definition) is 0. The highest BCUT2D eigenvalue weighted by Crippen LogP contribution is 2.17. The van der Waals surface area contributed by atoms with Gasteiger partial charge in [0, 0.05) is 10.0 Å². The van der Waals surface area contributed by atoms with Crippen LogP contribution in [-0.2, 0) is 0 Å². The standard InChI is InChI=1S/C15H11BrO/c16-14-9-5-4-8-13(14)15(17)11-10-12-6-2-1-3-7-12/h1-11H. The Morgan fingerprint density at radius 1 is 0.941 bits per heavy atom. The summed E-state index contributed by atoms with van der Waals surface area (Å²) in [5.74, 6) is 0.00123. The molecule has 0 radical (unpaired) electrons. The fourth-order valence-electron chi connectivity index (χ4n) is 1.49. The molecule has 0 spiro atoms. The first kappa shape index (κ1) is 11.8. The second-order valence-corrected chi connectivity index (χ2v) is 4.44. The van der Waals surface area contributed by atoms with Crippen LogP contribution in [0.25, 0.3) is 6.08 Å². The van der Waals surface area contributed by atoms with Crippen LogP contribution in [0, 0.1) is 0 Å². The lowest BCUT2D eigenvalue weighted by atomic mass is 10.1. The van der Waals surface area contributed by atoms with Crippen LogP contribution in [-0.4, -0.2) is 5.78 Å². The fourth-order valence-corrected chi connectivity index (χ4v) is 1.97. The van der Waals surface area contributed by atoms with Gasteiger partial charge in [-0.3, -0.25) is 4.79 Å². The van der Waals surface area contributed by atoms with E-state index in [2.05, 4.69) is 15.9 Å². The van der Waals surface area contributed by atoms with Crippen LogP contribution in [0.3, 0.4) is 0 Å². The molecule has 2 heteroatoms. The normalized spacial score (nSPS) is 10.6. The Balaban J connectivity index is 2.18. The Morgan fingerprint density at radius 3 is 2.29 bits per heavy atom. The van der Waals surface area contributed by atoms with E-state index in [1.54, 1.807) is 6.08 Å². The Morgan fingerprint density at radius 2 is 1.59 bits per heavy atom. The Bertz CT molecular complexity index is 544. The van der Waals surface area contributed by atoms with E-state index in [-0.39, 0.29) is 5.78 Å². The van der Waals surface area contributed by atoms with Gasteiger partial charge in [0.25, 0.3) is 0 Å². The summed E-state index contributed by atoms with van der Waals surface area (Å²) >= 11 is 3.37. The molecule has 0 saturated heterocycles. The van der Waals surface area contributed by atoms with Crippen LogP contribution in [0.5, 0.6) is 0 Å². The lowest BCUT2D eigenvalue weighted by Gasteiger charge is -1.98. The molecule has 0 bridgehead atoms. The number of carbonyl (C=O) groups is 1. The summed E-state index contributed by atoms with van der Waals surface area (Å²) in [5.41, 5.74) is 1.70. The van der Waals surface area contributed by atoms with Crippen molar-refractivity contribution in [1.29, 1.82) is 0 Å². The summed E-state index contributed by atoms with van der Waals surface area (Å²) in [5, 5.41) is 0. The van der Waals surface area contributed by atoms with Gasteiger partial charge in [0.15, 0.2) is 5.78 Å². The van der Waals surface area contributed by atoms with Crippen molar-refractivity contribution in [1.82, 2.24) is 0 Å². The van der Waals surface area contributed by atoms with E-state index in [0.717, 1.165) is 10.0 Å². The molecule has 0 aromatic heterocycles. The minimum absolute atomic E-state index is 0.00123. The number of allylic oxidation sites excluding steroid dienone is 1. The molecule has 0 aliphatic rings. The first-order valence-corrected chi connectivity index (χ1v) is 6.08. The number of hydrogen-bond acceptors (Lipinski definition) is 1. The predicted octanol–water partition coefficient (Wildman–Crippen LogP) is 4.35. The van der Waals surface area contributed by atoms with Gasteiger partial charge in [-0.25, -0.2) is 0 Å². The third kappa shape index (κ3) is 3.14. The van der Waals surface area contributed by atoms with Crippen LogP contribution < -0.4 is 0 Å². The monoisotopic (exact) mass is 286 g/mol. The van der Waals surface area contributed by atoms with Gasteiger partial charge in [0.2, 0.25) is 0 Å².